The molecule has 25 heavy (non-hydrogen) atoms. The van der Waals surface area contributed by atoms with Crippen LogP contribution < -0.4 is 10.1 Å². The Kier molecular flexibility index (Phi) is 7.03. The van der Waals surface area contributed by atoms with Crippen LogP contribution in [0.1, 0.15) is 78.4 Å². The minimum Gasteiger partial charge on any atom is -0.444 e. The molecule has 0 saturated heterocycles. The number of alkyl carbamates (subject to hydrolysis) is 1. The maximum atomic E-state index is 12.5. The first-order valence-corrected chi connectivity index (χ1v) is 8.76. The largest absolute Gasteiger partial charge is 0.444 e. The Morgan fingerprint density at radius 2 is 1.44 bits per heavy atom. The molecule has 1 amide bonds. The van der Waals surface area contributed by atoms with Crippen molar-refractivity contribution in [1.82, 2.24) is 5.32 Å². The number of carbonyl (C=O) groups excluding carboxylic acids is 2. The van der Waals surface area contributed by atoms with E-state index < -0.39 is 23.7 Å². The van der Waals surface area contributed by atoms with Crippen LogP contribution in [0.25, 0.3) is 0 Å². The Bertz CT molecular complexity index is 588. The van der Waals surface area contributed by atoms with E-state index in [1.807, 2.05) is 18.2 Å². The summed E-state index contributed by atoms with van der Waals surface area (Å²) in [5.41, 5.74) is 1.33. The smallest absolute Gasteiger partial charge is 0.408 e. The second kappa shape index (κ2) is 8.37. The monoisotopic (exact) mass is 349 g/mol. The fourth-order valence-corrected chi connectivity index (χ4v) is 2.33. The van der Waals surface area contributed by atoms with E-state index in [0.29, 0.717) is 5.75 Å². The Morgan fingerprint density at radius 1 is 0.960 bits per heavy atom. The lowest BCUT2D eigenvalue weighted by atomic mass is 9.94. The molecule has 0 fully saturated rings. The quantitative estimate of drug-likeness (QED) is 0.615. The summed E-state index contributed by atoms with van der Waals surface area (Å²) in [4.78, 5) is 24.3. The van der Waals surface area contributed by atoms with Gasteiger partial charge in [0.15, 0.2) is 0 Å². The number of hydrogen-bond acceptors (Lipinski definition) is 4. The molecule has 0 spiro atoms. The summed E-state index contributed by atoms with van der Waals surface area (Å²) in [6, 6.07) is 5.09. The number of hydrogen-bond donors (Lipinski definition) is 1. The second-order valence-electron chi connectivity index (χ2n) is 7.86. The lowest BCUT2D eigenvalue weighted by molar-refractivity contribution is -0.136. The third-order valence-electron chi connectivity index (χ3n) is 3.61. The van der Waals surface area contributed by atoms with Crippen molar-refractivity contribution >= 4 is 12.1 Å². The molecule has 0 heterocycles. The van der Waals surface area contributed by atoms with Gasteiger partial charge in [0.1, 0.15) is 17.4 Å². The number of ether oxygens (including phenoxy) is 2. The predicted octanol–water partition coefficient (Wildman–Crippen LogP) is 4.75. The summed E-state index contributed by atoms with van der Waals surface area (Å²) in [7, 11) is 0. The van der Waals surface area contributed by atoms with Crippen molar-refractivity contribution in [2.75, 3.05) is 0 Å². The van der Waals surface area contributed by atoms with E-state index in [1.54, 1.807) is 27.7 Å². The van der Waals surface area contributed by atoms with Gasteiger partial charge in [-0.15, -0.1) is 0 Å². The Hall–Kier alpha value is -2.04. The molecular weight excluding hydrogens is 318 g/mol. The molecule has 0 aromatic heterocycles. The molecule has 0 aliphatic rings. The minimum atomic E-state index is -0.810. The van der Waals surface area contributed by atoms with Gasteiger partial charge < -0.3 is 14.8 Å². The van der Waals surface area contributed by atoms with Crippen LogP contribution >= 0.6 is 0 Å². The standard InChI is InChI=1S/C20H31NO4/c1-12(2)15-10-9-11-16(13(3)4)17(15)24-18(22)14(5)21-19(23)25-20(6,7)8/h9-14H,1-8H3,(H,21,23)/t14-/m0/s1. The topological polar surface area (TPSA) is 64.6 Å². The van der Waals surface area contributed by atoms with E-state index in [4.69, 9.17) is 9.47 Å². The first-order chi connectivity index (χ1) is 11.4. The maximum absolute atomic E-state index is 12.5. The van der Waals surface area contributed by atoms with Gasteiger partial charge in [-0.05, 0) is 50.7 Å². The second-order valence-corrected chi connectivity index (χ2v) is 7.86. The van der Waals surface area contributed by atoms with Crippen molar-refractivity contribution in [2.24, 2.45) is 0 Å². The van der Waals surface area contributed by atoms with E-state index in [2.05, 4.69) is 33.0 Å². The lowest BCUT2D eigenvalue weighted by Crippen LogP contribution is -2.43. The van der Waals surface area contributed by atoms with Crippen LogP contribution in [0.3, 0.4) is 0 Å². The van der Waals surface area contributed by atoms with E-state index >= 15 is 0 Å². The molecule has 0 aliphatic heterocycles. The van der Waals surface area contributed by atoms with Crippen LogP contribution in [0.15, 0.2) is 18.2 Å². The van der Waals surface area contributed by atoms with E-state index in [0.717, 1.165) is 11.1 Å². The van der Waals surface area contributed by atoms with Gasteiger partial charge in [0, 0.05) is 0 Å². The van der Waals surface area contributed by atoms with Gasteiger partial charge in [-0.2, -0.15) is 0 Å². The zero-order valence-corrected chi connectivity index (χ0v) is 16.6. The number of carbonyl (C=O) groups is 2. The zero-order valence-electron chi connectivity index (χ0n) is 16.6. The molecule has 1 N–H and O–H groups in total. The van der Waals surface area contributed by atoms with Crippen molar-refractivity contribution in [3.8, 4) is 5.75 Å². The summed E-state index contributed by atoms with van der Waals surface area (Å²) < 4.78 is 10.9. The van der Waals surface area contributed by atoms with Gasteiger partial charge in [0.2, 0.25) is 0 Å². The van der Waals surface area contributed by atoms with Crippen LogP contribution in [-0.2, 0) is 9.53 Å². The summed E-state index contributed by atoms with van der Waals surface area (Å²) in [6.45, 7) is 15.1. The van der Waals surface area contributed by atoms with Crippen molar-refractivity contribution < 1.29 is 19.1 Å². The van der Waals surface area contributed by atoms with Crippen molar-refractivity contribution in [3.63, 3.8) is 0 Å². The van der Waals surface area contributed by atoms with Gasteiger partial charge in [0.25, 0.3) is 0 Å². The molecule has 0 radical (unpaired) electrons. The van der Waals surface area contributed by atoms with Crippen LogP contribution in [0.4, 0.5) is 4.79 Å². The molecule has 1 atom stereocenters. The number of nitrogens with one attached hydrogen (secondary N) is 1. The van der Waals surface area contributed by atoms with E-state index in [9.17, 15) is 9.59 Å². The molecule has 1 aromatic rings. The number of rotatable bonds is 5. The number of para-hydroxylation sites is 1. The fraction of sp³-hybridized carbons (Fsp3) is 0.600. The third-order valence-corrected chi connectivity index (χ3v) is 3.61. The summed E-state index contributed by atoms with van der Waals surface area (Å²) >= 11 is 0. The first-order valence-electron chi connectivity index (χ1n) is 8.76. The lowest BCUT2D eigenvalue weighted by Gasteiger charge is -2.23. The number of benzene rings is 1. The molecule has 5 heteroatoms. The average Bonchev–Trinajstić information content (AvgIpc) is 2.44. The fourth-order valence-electron chi connectivity index (χ4n) is 2.33. The van der Waals surface area contributed by atoms with Crippen LogP contribution in [0.2, 0.25) is 0 Å². The van der Waals surface area contributed by atoms with Gasteiger partial charge >= 0.3 is 12.1 Å². The molecule has 0 aliphatic carbocycles. The molecule has 0 bridgehead atoms. The molecule has 0 unspecified atom stereocenters. The molecule has 0 saturated carbocycles. The highest BCUT2D eigenvalue weighted by Gasteiger charge is 2.24. The van der Waals surface area contributed by atoms with Gasteiger partial charge in [0.05, 0.1) is 0 Å². The minimum absolute atomic E-state index is 0.218. The Labute approximate surface area is 151 Å². The van der Waals surface area contributed by atoms with Crippen molar-refractivity contribution in [2.45, 2.75) is 78.9 Å². The van der Waals surface area contributed by atoms with Crippen LogP contribution in [-0.4, -0.2) is 23.7 Å². The number of amides is 1. The molecular formula is C20H31NO4. The highest BCUT2D eigenvalue weighted by atomic mass is 16.6. The maximum Gasteiger partial charge on any atom is 0.408 e. The first kappa shape index (κ1) is 21.0. The third kappa shape index (κ3) is 6.40. The highest BCUT2D eigenvalue weighted by molar-refractivity contribution is 5.83. The Balaban J connectivity index is 2.94. The Morgan fingerprint density at radius 3 is 1.84 bits per heavy atom. The summed E-state index contributed by atoms with van der Waals surface area (Å²) in [5, 5.41) is 2.52. The molecule has 1 aromatic carbocycles. The summed E-state index contributed by atoms with van der Waals surface area (Å²) in [6.07, 6.45) is -0.641. The van der Waals surface area contributed by atoms with Crippen molar-refractivity contribution in [1.29, 1.82) is 0 Å². The molecule has 140 valence electrons. The van der Waals surface area contributed by atoms with Gasteiger partial charge in [-0.1, -0.05) is 45.9 Å². The average molecular weight is 349 g/mol. The molecule has 1 rings (SSSR count). The predicted molar refractivity (Wildman–Crippen MR) is 99.1 cm³/mol. The van der Waals surface area contributed by atoms with E-state index in [-0.39, 0.29) is 11.8 Å². The number of esters is 1. The van der Waals surface area contributed by atoms with Crippen LogP contribution in [0.5, 0.6) is 5.75 Å². The SMILES string of the molecule is CC(C)c1cccc(C(C)C)c1OC(=O)[C@H](C)NC(=O)OC(C)(C)C. The van der Waals surface area contributed by atoms with Crippen LogP contribution in [0, 0.1) is 0 Å². The highest BCUT2D eigenvalue weighted by Crippen LogP contribution is 2.34. The normalized spacial score (nSPS) is 12.9. The van der Waals surface area contributed by atoms with Gasteiger partial charge in [-0.3, -0.25) is 0 Å². The molecule has 5 nitrogen and oxygen atoms in total. The van der Waals surface area contributed by atoms with Crippen molar-refractivity contribution in [3.05, 3.63) is 29.3 Å². The zero-order chi connectivity index (χ0) is 19.4. The van der Waals surface area contributed by atoms with E-state index in [1.165, 1.54) is 0 Å². The summed E-state index contributed by atoms with van der Waals surface area (Å²) in [5.74, 6) is 0.516. The van der Waals surface area contributed by atoms with Gasteiger partial charge in [-0.25, -0.2) is 9.59 Å².